The van der Waals surface area contributed by atoms with Crippen LogP contribution in [-0.2, 0) is 20.8 Å². The molecule has 0 bridgehead atoms. The molecule has 3 rings (SSSR count). The highest BCUT2D eigenvalue weighted by Gasteiger charge is 2.47. The van der Waals surface area contributed by atoms with Gasteiger partial charge in [0.15, 0.2) is 11.5 Å². The average Bonchev–Trinajstić information content (AvgIpc) is 2.96. The smallest absolute Gasteiger partial charge is 0.387 e. The van der Waals surface area contributed by atoms with Crippen molar-refractivity contribution in [2.45, 2.75) is 45.1 Å². The molecule has 0 aromatic heterocycles. The van der Waals surface area contributed by atoms with E-state index >= 15 is 0 Å². The molecule has 1 N–H and O–H groups in total. The Kier molecular flexibility index (Phi) is 7.23. The molecule has 2 atom stereocenters. The highest BCUT2D eigenvalue weighted by Crippen LogP contribution is 2.38. The van der Waals surface area contributed by atoms with Crippen LogP contribution in [0.1, 0.15) is 37.7 Å². The van der Waals surface area contributed by atoms with Gasteiger partial charge in [0.05, 0.1) is 18.9 Å². The van der Waals surface area contributed by atoms with Crippen molar-refractivity contribution in [2.24, 2.45) is 11.8 Å². The standard InChI is InChI=1S/C21H26F2N2O5/c1-29-16-7-6-13(12-17(16)30-21(22)23)8-10-24-18(26)9-11-25-19(27)14-4-2-3-5-15(14)20(25)28/h6-7,12,14-15,21H,2-5,8-11H2,1H3,(H,24,26). The number of alkyl halides is 2. The Morgan fingerprint density at radius 3 is 2.43 bits per heavy atom. The van der Waals surface area contributed by atoms with Crippen LogP contribution in [0.5, 0.6) is 11.5 Å². The predicted octanol–water partition coefficient (Wildman–Crippen LogP) is 2.52. The van der Waals surface area contributed by atoms with Crippen LogP contribution >= 0.6 is 0 Å². The van der Waals surface area contributed by atoms with E-state index in [1.165, 1.54) is 24.1 Å². The summed E-state index contributed by atoms with van der Waals surface area (Å²) < 4.78 is 34.4. The van der Waals surface area contributed by atoms with E-state index in [9.17, 15) is 23.2 Å². The average molecular weight is 424 g/mol. The van der Waals surface area contributed by atoms with Gasteiger partial charge in [-0.3, -0.25) is 19.3 Å². The SMILES string of the molecule is COc1ccc(CCNC(=O)CCN2C(=O)C3CCCCC3C2=O)cc1OC(F)F. The normalized spacial score (nSPS) is 21.0. The van der Waals surface area contributed by atoms with Gasteiger partial charge < -0.3 is 14.8 Å². The van der Waals surface area contributed by atoms with E-state index in [0.717, 1.165) is 25.7 Å². The summed E-state index contributed by atoms with van der Waals surface area (Å²) in [5, 5.41) is 2.73. The summed E-state index contributed by atoms with van der Waals surface area (Å²) in [6.45, 7) is -2.59. The summed E-state index contributed by atoms with van der Waals surface area (Å²) in [5.41, 5.74) is 0.695. The number of methoxy groups -OCH3 is 1. The van der Waals surface area contributed by atoms with Crippen LogP contribution in [0.2, 0.25) is 0 Å². The highest BCUT2D eigenvalue weighted by molar-refractivity contribution is 6.05. The maximum Gasteiger partial charge on any atom is 0.387 e. The second-order valence-corrected chi connectivity index (χ2v) is 7.54. The Balaban J connectivity index is 1.45. The molecule has 2 fully saturated rings. The first-order valence-corrected chi connectivity index (χ1v) is 10.1. The fourth-order valence-corrected chi connectivity index (χ4v) is 4.16. The number of imide groups is 1. The summed E-state index contributed by atoms with van der Waals surface area (Å²) in [4.78, 5) is 38.2. The topological polar surface area (TPSA) is 84.9 Å². The van der Waals surface area contributed by atoms with Gasteiger partial charge in [0.2, 0.25) is 17.7 Å². The molecule has 1 aromatic carbocycles. The maximum atomic E-state index is 12.5. The molecule has 3 amide bonds. The van der Waals surface area contributed by atoms with Gasteiger partial charge in [-0.15, -0.1) is 0 Å². The number of likely N-dealkylation sites (tertiary alicyclic amines) is 1. The third kappa shape index (κ3) is 5.06. The second kappa shape index (κ2) is 9.86. The number of carbonyl (C=O) groups is 3. The van der Waals surface area contributed by atoms with E-state index in [2.05, 4.69) is 10.1 Å². The molecule has 1 aromatic rings. The highest BCUT2D eigenvalue weighted by atomic mass is 19.3. The molecule has 1 saturated carbocycles. The van der Waals surface area contributed by atoms with Crippen molar-refractivity contribution in [2.75, 3.05) is 20.2 Å². The first kappa shape index (κ1) is 22.0. The number of ether oxygens (including phenoxy) is 2. The summed E-state index contributed by atoms with van der Waals surface area (Å²) in [6.07, 6.45) is 3.86. The predicted molar refractivity (Wildman–Crippen MR) is 103 cm³/mol. The molecule has 9 heteroatoms. The van der Waals surface area contributed by atoms with Gasteiger partial charge in [-0.25, -0.2) is 0 Å². The van der Waals surface area contributed by atoms with Gasteiger partial charge in [0.25, 0.3) is 0 Å². The van der Waals surface area contributed by atoms with Gasteiger partial charge >= 0.3 is 6.61 Å². The minimum absolute atomic E-state index is 0.0409. The van der Waals surface area contributed by atoms with Crippen molar-refractivity contribution in [3.8, 4) is 11.5 Å². The molecule has 30 heavy (non-hydrogen) atoms. The minimum Gasteiger partial charge on any atom is -0.493 e. The summed E-state index contributed by atoms with van der Waals surface area (Å²) in [5.74, 6) is -0.872. The number of halogens is 2. The summed E-state index contributed by atoms with van der Waals surface area (Å²) in [6, 6.07) is 4.67. The summed E-state index contributed by atoms with van der Waals surface area (Å²) in [7, 11) is 1.36. The Bertz CT molecular complexity index is 778. The van der Waals surface area contributed by atoms with Gasteiger partial charge in [-0.1, -0.05) is 18.9 Å². The largest absolute Gasteiger partial charge is 0.493 e. The van der Waals surface area contributed by atoms with Gasteiger partial charge in [0, 0.05) is 19.5 Å². The van der Waals surface area contributed by atoms with Crippen LogP contribution in [0.3, 0.4) is 0 Å². The maximum absolute atomic E-state index is 12.5. The molecular formula is C21H26F2N2O5. The van der Waals surface area contributed by atoms with E-state index in [1.807, 2.05) is 0 Å². The van der Waals surface area contributed by atoms with E-state index in [1.54, 1.807) is 6.07 Å². The number of hydrogen-bond acceptors (Lipinski definition) is 5. The molecule has 1 heterocycles. The Labute approximate surface area is 173 Å². The number of amides is 3. The molecule has 7 nitrogen and oxygen atoms in total. The fourth-order valence-electron chi connectivity index (χ4n) is 4.16. The molecular weight excluding hydrogens is 398 g/mol. The van der Waals surface area contributed by atoms with E-state index in [0.29, 0.717) is 12.0 Å². The van der Waals surface area contributed by atoms with Crippen molar-refractivity contribution in [1.82, 2.24) is 10.2 Å². The number of nitrogens with zero attached hydrogens (tertiary/aromatic N) is 1. The lowest BCUT2D eigenvalue weighted by atomic mass is 9.81. The number of carbonyl (C=O) groups excluding carboxylic acids is 3. The van der Waals surface area contributed by atoms with Crippen molar-refractivity contribution in [3.63, 3.8) is 0 Å². The van der Waals surface area contributed by atoms with Crippen LogP contribution < -0.4 is 14.8 Å². The van der Waals surface area contributed by atoms with E-state index in [4.69, 9.17) is 4.74 Å². The van der Waals surface area contributed by atoms with Crippen LogP contribution in [-0.4, -0.2) is 49.4 Å². The third-order valence-electron chi connectivity index (χ3n) is 5.67. The van der Waals surface area contributed by atoms with Gasteiger partial charge in [-0.05, 0) is 37.0 Å². The Morgan fingerprint density at radius 2 is 1.83 bits per heavy atom. The van der Waals surface area contributed by atoms with Crippen molar-refractivity contribution >= 4 is 17.7 Å². The van der Waals surface area contributed by atoms with E-state index in [-0.39, 0.29) is 60.6 Å². The number of rotatable bonds is 9. The molecule has 1 saturated heterocycles. The first-order chi connectivity index (χ1) is 14.4. The monoisotopic (exact) mass is 424 g/mol. The van der Waals surface area contributed by atoms with Crippen LogP contribution in [0.15, 0.2) is 18.2 Å². The third-order valence-corrected chi connectivity index (χ3v) is 5.67. The number of benzene rings is 1. The van der Waals surface area contributed by atoms with Gasteiger partial charge in [-0.2, -0.15) is 8.78 Å². The first-order valence-electron chi connectivity index (χ1n) is 10.1. The molecule has 164 valence electrons. The molecule has 0 radical (unpaired) electrons. The molecule has 1 aliphatic heterocycles. The van der Waals surface area contributed by atoms with Crippen LogP contribution in [0.25, 0.3) is 0 Å². The van der Waals surface area contributed by atoms with Crippen LogP contribution in [0.4, 0.5) is 8.78 Å². The summed E-state index contributed by atoms with van der Waals surface area (Å²) >= 11 is 0. The molecule has 1 aliphatic carbocycles. The zero-order valence-corrected chi connectivity index (χ0v) is 16.9. The zero-order chi connectivity index (χ0) is 21.7. The Hall–Kier alpha value is -2.71. The second-order valence-electron chi connectivity index (χ2n) is 7.54. The zero-order valence-electron chi connectivity index (χ0n) is 16.9. The fraction of sp³-hybridized carbons (Fsp3) is 0.571. The van der Waals surface area contributed by atoms with Crippen molar-refractivity contribution in [3.05, 3.63) is 23.8 Å². The van der Waals surface area contributed by atoms with Crippen LogP contribution in [0, 0.1) is 11.8 Å². The lowest BCUT2D eigenvalue weighted by molar-refractivity contribution is -0.140. The lowest BCUT2D eigenvalue weighted by Crippen LogP contribution is -2.35. The molecule has 2 unspecified atom stereocenters. The number of fused-ring (bicyclic) bond motifs is 1. The molecule has 2 aliphatic rings. The minimum atomic E-state index is -2.96. The van der Waals surface area contributed by atoms with Gasteiger partial charge in [0.1, 0.15) is 0 Å². The number of nitrogens with one attached hydrogen (secondary N) is 1. The van der Waals surface area contributed by atoms with E-state index < -0.39 is 6.61 Å². The lowest BCUT2D eigenvalue weighted by Gasteiger charge is -2.19. The molecule has 0 spiro atoms. The van der Waals surface area contributed by atoms with Crippen molar-refractivity contribution < 1.29 is 32.6 Å². The Morgan fingerprint density at radius 1 is 1.17 bits per heavy atom. The van der Waals surface area contributed by atoms with Crippen molar-refractivity contribution in [1.29, 1.82) is 0 Å². The number of hydrogen-bond donors (Lipinski definition) is 1. The quantitative estimate of drug-likeness (QED) is 0.616.